The van der Waals surface area contributed by atoms with Gasteiger partial charge in [-0.3, -0.25) is 0 Å². The minimum Gasteiger partial charge on any atom is -0.462 e. The number of fused-ring (bicyclic) bond motifs is 1. The van der Waals surface area contributed by atoms with Gasteiger partial charge in [-0.15, -0.1) is 11.3 Å². The lowest BCUT2D eigenvalue weighted by molar-refractivity contribution is 0.0526. The highest BCUT2D eigenvalue weighted by Gasteiger charge is 2.09. The molecule has 0 aliphatic rings. The lowest BCUT2D eigenvalue weighted by Crippen LogP contribution is -2.04. The number of benzene rings is 1. The molecule has 0 unspecified atom stereocenters. The van der Waals surface area contributed by atoms with E-state index in [1.54, 1.807) is 36.7 Å². The van der Waals surface area contributed by atoms with Crippen LogP contribution in [0.1, 0.15) is 29.1 Å². The van der Waals surface area contributed by atoms with Crippen molar-refractivity contribution in [2.24, 2.45) is 0 Å². The Morgan fingerprint density at radius 3 is 2.70 bits per heavy atom. The average Bonchev–Trinajstić information content (AvgIpc) is 3.00. The summed E-state index contributed by atoms with van der Waals surface area (Å²) in [5.41, 5.74) is 1.40. The zero-order valence-corrected chi connectivity index (χ0v) is 13.8. The molecule has 23 heavy (non-hydrogen) atoms. The lowest BCUT2D eigenvalue weighted by atomic mass is 10.2. The number of hydrogen-bond acceptors (Lipinski definition) is 6. The van der Waals surface area contributed by atoms with Crippen molar-refractivity contribution in [3.63, 3.8) is 0 Å². The van der Waals surface area contributed by atoms with Crippen LogP contribution in [0.3, 0.4) is 0 Å². The van der Waals surface area contributed by atoms with E-state index in [4.69, 9.17) is 4.74 Å². The fraction of sp³-hybridized carbons (Fsp3) is 0.235. The first-order valence-corrected chi connectivity index (χ1v) is 8.30. The molecule has 3 rings (SSSR count). The van der Waals surface area contributed by atoms with Crippen LogP contribution in [0.2, 0.25) is 0 Å². The van der Waals surface area contributed by atoms with E-state index in [9.17, 15) is 4.79 Å². The first kappa shape index (κ1) is 15.4. The molecule has 1 aromatic carbocycles. The van der Waals surface area contributed by atoms with Crippen molar-refractivity contribution >= 4 is 39.0 Å². The van der Waals surface area contributed by atoms with Gasteiger partial charge in [0.25, 0.3) is 0 Å². The number of carbonyl (C=O) groups excluding carboxylic acids is 1. The molecule has 3 aromatic rings. The molecular weight excluding hydrogens is 310 g/mol. The highest BCUT2D eigenvalue weighted by molar-refractivity contribution is 7.18. The number of thiophene rings is 1. The van der Waals surface area contributed by atoms with E-state index in [1.165, 1.54) is 4.88 Å². The molecule has 0 radical (unpaired) electrons. The second-order valence-corrected chi connectivity index (χ2v) is 6.05. The Morgan fingerprint density at radius 1 is 1.22 bits per heavy atom. The molecule has 0 saturated heterocycles. The number of nitrogens with one attached hydrogen (secondary N) is 1. The molecule has 5 nitrogen and oxygen atoms in total. The van der Waals surface area contributed by atoms with Crippen LogP contribution in [0.25, 0.3) is 10.2 Å². The summed E-state index contributed by atoms with van der Waals surface area (Å²) in [5, 5.41) is 4.30. The molecule has 2 aromatic heterocycles. The maximum absolute atomic E-state index is 11.7. The SMILES string of the molecule is CCOC(=O)c1ccc(Nc2ncnc3sc(CC)cc23)cc1. The van der Waals surface area contributed by atoms with Crippen molar-refractivity contribution in [3.05, 3.63) is 47.1 Å². The quantitative estimate of drug-likeness (QED) is 0.712. The van der Waals surface area contributed by atoms with Crippen molar-refractivity contribution in [2.45, 2.75) is 20.3 Å². The van der Waals surface area contributed by atoms with E-state index >= 15 is 0 Å². The summed E-state index contributed by atoms with van der Waals surface area (Å²) in [7, 11) is 0. The van der Waals surface area contributed by atoms with E-state index in [-0.39, 0.29) is 5.97 Å². The van der Waals surface area contributed by atoms with Gasteiger partial charge in [-0.25, -0.2) is 14.8 Å². The second-order valence-electron chi connectivity index (χ2n) is 4.93. The summed E-state index contributed by atoms with van der Waals surface area (Å²) >= 11 is 1.68. The molecule has 0 aliphatic heterocycles. The molecule has 118 valence electrons. The molecule has 0 amide bonds. The molecule has 1 N–H and O–H groups in total. The Hall–Kier alpha value is -2.47. The fourth-order valence-corrected chi connectivity index (χ4v) is 3.15. The highest BCUT2D eigenvalue weighted by atomic mass is 32.1. The smallest absolute Gasteiger partial charge is 0.338 e. The Labute approximate surface area is 138 Å². The predicted molar refractivity (Wildman–Crippen MR) is 92.5 cm³/mol. The third kappa shape index (κ3) is 3.32. The Bertz CT molecular complexity index is 827. The van der Waals surface area contributed by atoms with Gasteiger partial charge < -0.3 is 10.1 Å². The van der Waals surface area contributed by atoms with Crippen LogP contribution >= 0.6 is 11.3 Å². The first-order chi connectivity index (χ1) is 11.2. The molecule has 2 heterocycles. The minimum atomic E-state index is -0.311. The largest absolute Gasteiger partial charge is 0.462 e. The van der Waals surface area contributed by atoms with Crippen LogP contribution < -0.4 is 5.32 Å². The molecule has 0 bridgehead atoms. The number of carbonyl (C=O) groups is 1. The van der Waals surface area contributed by atoms with E-state index in [0.29, 0.717) is 12.2 Å². The van der Waals surface area contributed by atoms with Crippen molar-refractivity contribution in [2.75, 3.05) is 11.9 Å². The number of nitrogens with zero attached hydrogens (tertiary/aromatic N) is 2. The van der Waals surface area contributed by atoms with Crippen molar-refractivity contribution in [3.8, 4) is 0 Å². The molecule has 0 saturated carbocycles. The maximum atomic E-state index is 11.7. The van der Waals surface area contributed by atoms with Crippen molar-refractivity contribution < 1.29 is 9.53 Å². The van der Waals surface area contributed by atoms with Crippen LogP contribution in [0, 0.1) is 0 Å². The van der Waals surface area contributed by atoms with Crippen LogP contribution in [-0.4, -0.2) is 22.5 Å². The van der Waals surface area contributed by atoms with Gasteiger partial charge in [0.15, 0.2) is 0 Å². The molecular formula is C17H17N3O2S. The van der Waals surface area contributed by atoms with Gasteiger partial charge in [-0.2, -0.15) is 0 Å². The molecule has 0 spiro atoms. The topological polar surface area (TPSA) is 64.1 Å². The molecule has 0 atom stereocenters. The van der Waals surface area contributed by atoms with E-state index in [2.05, 4.69) is 28.3 Å². The zero-order valence-electron chi connectivity index (χ0n) is 13.0. The summed E-state index contributed by atoms with van der Waals surface area (Å²) in [6.07, 6.45) is 2.54. The Balaban J connectivity index is 1.84. The first-order valence-electron chi connectivity index (χ1n) is 7.49. The highest BCUT2D eigenvalue weighted by Crippen LogP contribution is 2.30. The van der Waals surface area contributed by atoms with E-state index in [0.717, 1.165) is 28.1 Å². The second kappa shape index (κ2) is 6.75. The van der Waals surface area contributed by atoms with Gasteiger partial charge in [-0.1, -0.05) is 6.92 Å². The van der Waals surface area contributed by atoms with Crippen LogP contribution in [0.5, 0.6) is 0 Å². The van der Waals surface area contributed by atoms with E-state index < -0.39 is 0 Å². The standard InChI is InChI=1S/C17H17N3O2S/c1-3-13-9-14-15(18-10-19-16(14)23-13)20-12-7-5-11(6-8-12)17(21)22-4-2/h5-10H,3-4H2,1-2H3,(H,18,19,20). The number of rotatable bonds is 5. The van der Waals surface area contributed by atoms with Gasteiger partial charge in [0.05, 0.1) is 17.6 Å². The third-order valence-electron chi connectivity index (χ3n) is 3.39. The summed E-state index contributed by atoms with van der Waals surface area (Å²) < 4.78 is 4.98. The molecule has 0 fully saturated rings. The number of esters is 1. The monoisotopic (exact) mass is 327 g/mol. The number of aryl methyl sites for hydroxylation is 1. The summed E-state index contributed by atoms with van der Waals surface area (Å²) in [6.45, 7) is 4.29. The van der Waals surface area contributed by atoms with Gasteiger partial charge in [-0.05, 0) is 43.7 Å². The number of hydrogen-bond donors (Lipinski definition) is 1. The summed E-state index contributed by atoms with van der Waals surface area (Å²) in [5.74, 6) is 0.462. The number of ether oxygens (including phenoxy) is 1. The van der Waals surface area contributed by atoms with Gasteiger partial charge >= 0.3 is 5.97 Å². The van der Waals surface area contributed by atoms with Gasteiger partial charge in [0, 0.05) is 10.6 Å². The Kier molecular flexibility index (Phi) is 4.52. The summed E-state index contributed by atoms with van der Waals surface area (Å²) in [6, 6.07) is 9.28. The minimum absolute atomic E-state index is 0.311. The lowest BCUT2D eigenvalue weighted by Gasteiger charge is -2.07. The average molecular weight is 327 g/mol. The molecule has 0 aliphatic carbocycles. The Morgan fingerprint density at radius 2 is 2.00 bits per heavy atom. The number of anilines is 2. The zero-order chi connectivity index (χ0) is 16.2. The van der Waals surface area contributed by atoms with Crippen molar-refractivity contribution in [1.82, 2.24) is 9.97 Å². The van der Waals surface area contributed by atoms with Crippen LogP contribution in [0.4, 0.5) is 11.5 Å². The van der Waals surface area contributed by atoms with Crippen LogP contribution in [-0.2, 0) is 11.2 Å². The van der Waals surface area contributed by atoms with Crippen molar-refractivity contribution in [1.29, 1.82) is 0 Å². The normalized spacial score (nSPS) is 10.7. The third-order valence-corrected chi connectivity index (χ3v) is 4.58. The van der Waals surface area contributed by atoms with Gasteiger partial charge in [0.1, 0.15) is 17.0 Å². The fourth-order valence-electron chi connectivity index (χ4n) is 2.22. The predicted octanol–water partition coefficient (Wildman–Crippen LogP) is 4.17. The molecule has 6 heteroatoms. The van der Waals surface area contributed by atoms with E-state index in [1.807, 2.05) is 12.1 Å². The number of aromatic nitrogens is 2. The summed E-state index contributed by atoms with van der Waals surface area (Å²) in [4.78, 5) is 22.6. The maximum Gasteiger partial charge on any atom is 0.338 e. The van der Waals surface area contributed by atoms with Crippen LogP contribution in [0.15, 0.2) is 36.7 Å². The van der Waals surface area contributed by atoms with Gasteiger partial charge in [0.2, 0.25) is 0 Å².